The van der Waals surface area contributed by atoms with Gasteiger partial charge in [0.2, 0.25) is 0 Å². The van der Waals surface area contributed by atoms with Crippen molar-refractivity contribution in [3.8, 4) is 0 Å². The van der Waals surface area contributed by atoms with Crippen LogP contribution in [0, 0.1) is 5.92 Å². The predicted molar refractivity (Wildman–Crippen MR) is 60.3 cm³/mol. The summed E-state index contributed by atoms with van der Waals surface area (Å²) in [5.41, 5.74) is 0.0128. The topological polar surface area (TPSA) is 32.3 Å². The molecule has 0 aromatic heterocycles. The number of rotatable bonds is 3. The van der Waals surface area contributed by atoms with E-state index in [9.17, 15) is 5.11 Å². The van der Waals surface area contributed by atoms with Gasteiger partial charge in [0.15, 0.2) is 0 Å². The van der Waals surface area contributed by atoms with Crippen molar-refractivity contribution in [2.24, 2.45) is 5.92 Å². The Hall–Kier alpha value is -0.0800. The Morgan fingerprint density at radius 2 is 2.07 bits per heavy atom. The Morgan fingerprint density at radius 1 is 1.36 bits per heavy atom. The van der Waals surface area contributed by atoms with Gasteiger partial charge >= 0.3 is 0 Å². The summed E-state index contributed by atoms with van der Waals surface area (Å²) < 4.78 is 0. The Labute approximate surface area is 88.1 Å². The number of aliphatic hydroxyl groups excluding tert-OH is 1. The predicted octanol–water partition coefficient (Wildman–Crippen LogP) is 2.32. The lowest BCUT2D eigenvalue weighted by molar-refractivity contribution is 0.134. The summed E-state index contributed by atoms with van der Waals surface area (Å²) in [5.74, 6) is 0.831. The van der Waals surface area contributed by atoms with E-state index in [4.69, 9.17) is 0 Å². The Bertz CT molecular complexity index is 170. The second-order valence-corrected chi connectivity index (χ2v) is 5.27. The van der Waals surface area contributed by atoms with Crippen LogP contribution in [0.1, 0.15) is 52.9 Å². The molecule has 1 rings (SSSR count). The smallest absolute Gasteiger partial charge is 0.0613 e. The van der Waals surface area contributed by atoms with Crippen molar-refractivity contribution in [3.05, 3.63) is 0 Å². The van der Waals surface area contributed by atoms with E-state index in [0.29, 0.717) is 6.04 Å². The van der Waals surface area contributed by atoms with Crippen LogP contribution in [0.5, 0.6) is 0 Å². The van der Waals surface area contributed by atoms with Gasteiger partial charge in [0, 0.05) is 11.6 Å². The molecule has 1 fully saturated rings. The van der Waals surface area contributed by atoms with Crippen molar-refractivity contribution in [1.29, 1.82) is 0 Å². The van der Waals surface area contributed by atoms with Crippen LogP contribution in [0.2, 0.25) is 0 Å². The molecule has 2 atom stereocenters. The van der Waals surface area contributed by atoms with Gasteiger partial charge < -0.3 is 10.4 Å². The fourth-order valence-electron chi connectivity index (χ4n) is 2.54. The van der Waals surface area contributed by atoms with E-state index < -0.39 is 0 Å². The molecule has 1 aliphatic rings. The minimum absolute atomic E-state index is 0.0128. The van der Waals surface area contributed by atoms with E-state index in [2.05, 4.69) is 26.1 Å². The first-order chi connectivity index (χ1) is 6.58. The molecule has 2 unspecified atom stereocenters. The van der Waals surface area contributed by atoms with Crippen LogP contribution in [0.25, 0.3) is 0 Å². The van der Waals surface area contributed by atoms with E-state index in [1.807, 2.05) is 0 Å². The maximum Gasteiger partial charge on any atom is 0.0613 e. The molecule has 2 nitrogen and oxygen atoms in total. The summed E-state index contributed by atoms with van der Waals surface area (Å²) in [6.07, 6.45) is 6.08. The third kappa shape index (κ3) is 3.25. The lowest BCUT2D eigenvalue weighted by Crippen LogP contribution is -2.51. The van der Waals surface area contributed by atoms with Crippen molar-refractivity contribution in [3.63, 3.8) is 0 Å². The number of hydrogen-bond acceptors (Lipinski definition) is 2. The van der Waals surface area contributed by atoms with Crippen molar-refractivity contribution in [1.82, 2.24) is 5.32 Å². The molecule has 0 amide bonds. The Balaban J connectivity index is 2.58. The Kier molecular flexibility index (Phi) is 4.39. The van der Waals surface area contributed by atoms with Crippen LogP contribution in [-0.2, 0) is 0 Å². The van der Waals surface area contributed by atoms with Crippen LogP contribution in [0.4, 0.5) is 0 Å². The van der Waals surface area contributed by atoms with Crippen LogP contribution < -0.4 is 5.32 Å². The van der Waals surface area contributed by atoms with Gasteiger partial charge in [0.05, 0.1) is 6.61 Å². The Morgan fingerprint density at radius 3 is 2.64 bits per heavy atom. The second-order valence-electron chi connectivity index (χ2n) is 5.27. The zero-order chi connectivity index (χ0) is 10.6. The van der Waals surface area contributed by atoms with E-state index >= 15 is 0 Å². The molecule has 14 heavy (non-hydrogen) atoms. The normalized spacial score (nSPS) is 34.5. The maximum atomic E-state index is 9.54. The highest BCUT2D eigenvalue weighted by Crippen LogP contribution is 2.30. The second kappa shape index (κ2) is 5.13. The van der Waals surface area contributed by atoms with Gasteiger partial charge in [-0.25, -0.2) is 0 Å². The molecule has 0 aromatic rings. The van der Waals surface area contributed by atoms with Crippen LogP contribution >= 0.6 is 0 Å². The zero-order valence-corrected chi connectivity index (χ0v) is 9.84. The molecule has 0 saturated heterocycles. The molecule has 0 spiro atoms. The van der Waals surface area contributed by atoms with Gasteiger partial charge in [0.1, 0.15) is 0 Å². The molecule has 84 valence electrons. The SMILES string of the molecule is CC1CCCC(CO)(NC(C)C)CC1. The van der Waals surface area contributed by atoms with Crippen LogP contribution in [-0.4, -0.2) is 23.3 Å². The zero-order valence-electron chi connectivity index (χ0n) is 9.84. The molecule has 2 heteroatoms. The number of nitrogens with one attached hydrogen (secondary N) is 1. The van der Waals surface area contributed by atoms with Crippen LogP contribution in [0.15, 0.2) is 0 Å². The molecular formula is C12H25NO. The minimum Gasteiger partial charge on any atom is -0.394 e. The molecule has 2 N–H and O–H groups in total. The summed E-state index contributed by atoms with van der Waals surface area (Å²) in [6.45, 7) is 6.93. The summed E-state index contributed by atoms with van der Waals surface area (Å²) in [4.78, 5) is 0. The van der Waals surface area contributed by atoms with Gasteiger partial charge in [-0.3, -0.25) is 0 Å². The van der Waals surface area contributed by atoms with E-state index in [1.165, 1.54) is 19.3 Å². The highest BCUT2D eigenvalue weighted by molar-refractivity contribution is 4.91. The van der Waals surface area contributed by atoms with Gasteiger partial charge in [-0.2, -0.15) is 0 Å². The quantitative estimate of drug-likeness (QED) is 0.684. The molecular weight excluding hydrogens is 174 g/mol. The van der Waals surface area contributed by atoms with E-state index in [0.717, 1.165) is 18.8 Å². The van der Waals surface area contributed by atoms with Crippen molar-refractivity contribution < 1.29 is 5.11 Å². The molecule has 1 aliphatic carbocycles. The van der Waals surface area contributed by atoms with Gasteiger partial charge in [-0.15, -0.1) is 0 Å². The minimum atomic E-state index is 0.0128. The average molecular weight is 199 g/mol. The van der Waals surface area contributed by atoms with Gasteiger partial charge in [-0.05, 0) is 25.2 Å². The fraction of sp³-hybridized carbons (Fsp3) is 1.00. The molecule has 0 aliphatic heterocycles. The number of aliphatic hydroxyl groups is 1. The van der Waals surface area contributed by atoms with E-state index in [1.54, 1.807) is 0 Å². The largest absolute Gasteiger partial charge is 0.394 e. The molecule has 0 bridgehead atoms. The van der Waals surface area contributed by atoms with Gasteiger partial charge in [-0.1, -0.05) is 33.6 Å². The van der Waals surface area contributed by atoms with Gasteiger partial charge in [0.25, 0.3) is 0 Å². The first-order valence-electron chi connectivity index (χ1n) is 5.96. The average Bonchev–Trinajstić information content (AvgIpc) is 2.29. The third-order valence-electron chi connectivity index (χ3n) is 3.37. The summed E-state index contributed by atoms with van der Waals surface area (Å²) in [5, 5.41) is 13.1. The molecule has 1 saturated carbocycles. The highest BCUT2D eigenvalue weighted by atomic mass is 16.3. The van der Waals surface area contributed by atoms with E-state index in [-0.39, 0.29) is 12.1 Å². The number of hydrogen-bond donors (Lipinski definition) is 2. The summed E-state index contributed by atoms with van der Waals surface area (Å²) in [6, 6.07) is 0.468. The summed E-state index contributed by atoms with van der Waals surface area (Å²) in [7, 11) is 0. The van der Waals surface area contributed by atoms with Crippen LogP contribution in [0.3, 0.4) is 0 Å². The third-order valence-corrected chi connectivity index (χ3v) is 3.37. The lowest BCUT2D eigenvalue weighted by Gasteiger charge is -2.34. The van der Waals surface area contributed by atoms with Crippen molar-refractivity contribution >= 4 is 0 Å². The van der Waals surface area contributed by atoms with Crippen molar-refractivity contribution in [2.75, 3.05) is 6.61 Å². The monoisotopic (exact) mass is 199 g/mol. The maximum absolute atomic E-state index is 9.54. The standard InChI is InChI=1S/C12H25NO/c1-10(2)13-12(9-14)7-4-5-11(3)6-8-12/h10-11,13-14H,4-9H2,1-3H3. The first-order valence-corrected chi connectivity index (χ1v) is 5.96. The molecule has 0 heterocycles. The fourth-order valence-corrected chi connectivity index (χ4v) is 2.54. The highest BCUT2D eigenvalue weighted by Gasteiger charge is 2.31. The van der Waals surface area contributed by atoms with Crippen molar-refractivity contribution in [2.45, 2.75) is 64.5 Å². The lowest BCUT2D eigenvalue weighted by atomic mass is 9.90. The summed E-state index contributed by atoms with van der Waals surface area (Å²) >= 11 is 0. The first kappa shape index (κ1) is 12.0. The molecule has 0 radical (unpaired) electrons. The molecule has 0 aromatic carbocycles.